The third-order valence-electron chi connectivity index (χ3n) is 3.46. The van der Waals surface area contributed by atoms with Crippen LogP contribution in [0.1, 0.15) is 45.4 Å². The minimum atomic E-state index is 0.400. The number of para-hydroxylation sites is 1. The summed E-state index contributed by atoms with van der Waals surface area (Å²) in [4.78, 5) is 4.62. The smallest absolute Gasteiger partial charge is 0.0707 e. The summed E-state index contributed by atoms with van der Waals surface area (Å²) < 4.78 is 0. The molecule has 1 heteroatoms. The van der Waals surface area contributed by atoms with Crippen LogP contribution in [0.15, 0.2) is 30.3 Å². The lowest BCUT2D eigenvalue weighted by atomic mass is 9.82. The Bertz CT molecular complexity index is 563. The molecule has 0 aliphatic carbocycles. The number of benzene rings is 1. The van der Waals surface area contributed by atoms with E-state index in [1.807, 2.05) is 0 Å². The Morgan fingerprint density at radius 2 is 1.84 bits per heavy atom. The van der Waals surface area contributed by atoms with Crippen molar-refractivity contribution in [2.75, 3.05) is 0 Å². The topological polar surface area (TPSA) is 12.9 Å². The molecule has 1 aromatic heterocycles. The van der Waals surface area contributed by atoms with E-state index >= 15 is 0 Å². The number of nitrogens with zero attached hydrogens (tertiary/aromatic N) is 1. The van der Waals surface area contributed by atoms with Crippen LogP contribution in [-0.2, 0) is 6.42 Å². The molecule has 0 saturated heterocycles. The first-order chi connectivity index (χ1) is 8.85. The molecule has 19 heavy (non-hydrogen) atoms. The molecule has 0 bridgehead atoms. The van der Waals surface area contributed by atoms with Gasteiger partial charge in [-0.25, -0.2) is 0 Å². The van der Waals surface area contributed by atoms with E-state index in [4.69, 9.17) is 0 Å². The van der Waals surface area contributed by atoms with Crippen molar-refractivity contribution in [3.63, 3.8) is 0 Å². The Kier molecular flexibility index (Phi) is 3.93. The van der Waals surface area contributed by atoms with E-state index in [1.54, 1.807) is 0 Å². The molecule has 1 nitrogen and oxygen atoms in total. The molecule has 1 unspecified atom stereocenters. The standard InChI is InChI=1S/C18H25N/c1-13(12-18(3,4)5)10-15-11-14(2)19-17-9-7-6-8-16(15)17/h6-9,11,13H,10,12H2,1-5H3. The lowest BCUT2D eigenvalue weighted by Gasteiger charge is -2.23. The number of fused-ring (bicyclic) bond motifs is 1. The van der Waals surface area contributed by atoms with Gasteiger partial charge in [0.2, 0.25) is 0 Å². The van der Waals surface area contributed by atoms with Crippen LogP contribution in [0.4, 0.5) is 0 Å². The van der Waals surface area contributed by atoms with Crippen molar-refractivity contribution in [3.05, 3.63) is 41.6 Å². The quantitative estimate of drug-likeness (QED) is 0.738. The van der Waals surface area contributed by atoms with Crippen LogP contribution in [0.2, 0.25) is 0 Å². The molecule has 0 N–H and O–H groups in total. The first-order valence-corrected chi connectivity index (χ1v) is 7.20. The zero-order valence-electron chi connectivity index (χ0n) is 12.8. The largest absolute Gasteiger partial charge is 0.253 e. The van der Waals surface area contributed by atoms with Crippen LogP contribution in [0, 0.1) is 18.3 Å². The Balaban J connectivity index is 2.29. The maximum Gasteiger partial charge on any atom is 0.0707 e. The number of aryl methyl sites for hydroxylation is 1. The van der Waals surface area contributed by atoms with E-state index in [9.17, 15) is 0 Å². The molecule has 2 aromatic rings. The van der Waals surface area contributed by atoms with E-state index in [2.05, 4.69) is 69.9 Å². The molecule has 1 aromatic carbocycles. The van der Waals surface area contributed by atoms with Crippen molar-refractivity contribution in [3.8, 4) is 0 Å². The predicted octanol–water partition coefficient (Wildman–Crippen LogP) is 5.16. The summed E-state index contributed by atoms with van der Waals surface area (Å²) in [6.45, 7) is 11.4. The van der Waals surface area contributed by atoms with Gasteiger partial charge in [0.1, 0.15) is 0 Å². The molecule has 1 heterocycles. The fourth-order valence-corrected chi connectivity index (χ4v) is 3.06. The van der Waals surface area contributed by atoms with Gasteiger partial charge in [-0.15, -0.1) is 0 Å². The molecule has 2 rings (SSSR count). The summed E-state index contributed by atoms with van der Waals surface area (Å²) in [7, 11) is 0. The molecule has 0 fully saturated rings. The summed E-state index contributed by atoms with van der Waals surface area (Å²) in [5.41, 5.74) is 4.09. The SMILES string of the molecule is Cc1cc(CC(C)CC(C)(C)C)c2ccccc2n1. The Morgan fingerprint density at radius 3 is 2.53 bits per heavy atom. The molecule has 102 valence electrons. The Hall–Kier alpha value is -1.37. The number of hydrogen-bond acceptors (Lipinski definition) is 1. The first kappa shape index (κ1) is 14.0. The Labute approximate surface area is 117 Å². The fraction of sp³-hybridized carbons (Fsp3) is 0.500. The number of aromatic nitrogens is 1. The summed E-state index contributed by atoms with van der Waals surface area (Å²) in [6, 6.07) is 10.7. The van der Waals surface area contributed by atoms with Crippen molar-refractivity contribution in [2.24, 2.45) is 11.3 Å². The number of hydrogen-bond donors (Lipinski definition) is 0. The van der Waals surface area contributed by atoms with Gasteiger partial charge < -0.3 is 0 Å². The van der Waals surface area contributed by atoms with Crippen LogP contribution in [0.25, 0.3) is 10.9 Å². The number of rotatable bonds is 3. The average molecular weight is 255 g/mol. The van der Waals surface area contributed by atoms with Gasteiger partial charge in [-0.1, -0.05) is 45.9 Å². The highest BCUT2D eigenvalue weighted by molar-refractivity contribution is 5.82. The van der Waals surface area contributed by atoms with Crippen LogP contribution in [0.3, 0.4) is 0 Å². The third-order valence-corrected chi connectivity index (χ3v) is 3.46. The molecule has 0 aliphatic rings. The van der Waals surface area contributed by atoms with Crippen molar-refractivity contribution in [1.29, 1.82) is 0 Å². The highest BCUT2D eigenvalue weighted by Crippen LogP contribution is 2.28. The molecule has 1 atom stereocenters. The predicted molar refractivity (Wildman–Crippen MR) is 83.4 cm³/mol. The second-order valence-electron chi connectivity index (χ2n) is 7.01. The second kappa shape index (κ2) is 5.32. The van der Waals surface area contributed by atoms with E-state index in [-0.39, 0.29) is 0 Å². The van der Waals surface area contributed by atoms with E-state index in [0.717, 1.165) is 17.6 Å². The molecular formula is C18H25N. The Morgan fingerprint density at radius 1 is 1.16 bits per heavy atom. The molecule has 0 amide bonds. The molecule has 0 aliphatic heterocycles. The van der Waals surface area contributed by atoms with Crippen molar-refractivity contribution in [1.82, 2.24) is 4.98 Å². The summed E-state index contributed by atoms with van der Waals surface area (Å²) in [5, 5.41) is 1.31. The van der Waals surface area contributed by atoms with Crippen LogP contribution in [0.5, 0.6) is 0 Å². The normalized spacial score (nSPS) is 13.7. The van der Waals surface area contributed by atoms with Crippen molar-refractivity contribution < 1.29 is 0 Å². The van der Waals surface area contributed by atoms with Gasteiger partial charge in [0.15, 0.2) is 0 Å². The lowest BCUT2D eigenvalue weighted by Crippen LogP contribution is -2.13. The van der Waals surface area contributed by atoms with Gasteiger partial charge >= 0.3 is 0 Å². The molecule has 0 radical (unpaired) electrons. The van der Waals surface area contributed by atoms with Gasteiger partial charge in [0, 0.05) is 11.1 Å². The van der Waals surface area contributed by atoms with Gasteiger partial charge in [-0.2, -0.15) is 0 Å². The molecular weight excluding hydrogens is 230 g/mol. The second-order valence-corrected chi connectivity index (χ2v) is 7.01. The van der Waals surface area contributed by atoms with E-state index < -0.39 is 0 Å². The van der Waals surface area contributed by atoms with E-state index in [0.29, 0.717) is 11.3 Å². The summed E-state index contributed by atoms with van der Waals surface area (Å²) in [5.74, 6) is 0.699. The maximum absolute atomic E-state index is 4.62. The van der Waals surface area contributed by atoms with Gasteiger partial charge in [0.25, 0.3) is 0 Å². The van der Waals surface area contributed by atoms with Crippen LogP contribution in [-0.4, -0.2) is 4.98 Å². The van der Waals surface area contributed by atoms with Crippen LogP contribution >= 0.6 is 0 Å². The molecule has 0 saturated carbocycles. The van der Waals surface area contributed by atoms with Gasteiger partial charge in [-0.3, -0.25) is 4.98 Å². The van der Waals surface area contributed by atoms with Gasteiger partial charge in [-0.05, 0) is 48.8 Å². The zero-order valence-corrected chi connectivity index (χ0v) is 12.8. The highest BCUT2D eigenvalue weighted by atomic mass is 14.7. The van der Waals surface area contributed by atoms with Gasteiger partial charge in [0.05, 0.1) is 5.52 Å². The first-order valence-electron chi connectivity index (χ1n) is 7.20. The van der Waals surface area contributed by atoms with Crippen molar-refractivity contribution >= 4 is 10.9 Å². The molecule has 0 spiro atoms. The van der Waals surface area contributed by atoms with Crippen molar-refractivity contribution in [2.45, 2.75) is 47.5 Å². The average Bonchev–Trinajstić information content (AvgIpc) is 2.25. The van der Waals surface area contributed by atoms with E-state index in [1.165, 1.54) is 17.4 Å². The minimum Gasteiger partial charge on any atom is -0.253 e. The summed E-state index contributed by atoms with van der Waals surface area (Å²) >= 11 is 0. The lowest BCUT2D eigenvalue weighted by molar-refractivity contribution is 0.306. The zero-order chi connectivity index (χ0) is 14.0. The summed E-state index contributed by atoms with van der Waals surface area (Å²) in [6.07, 6.45) is 2.39. The monoisotopic (exact) mass is 255 g/mol. The minimum absolute atomic E-state index is 0.400. The fourth-order valence-electron chi connectivity index (χ4n) is 3.06. The highest BCUT2D eigenvalue weighted by Gasteiger charge is 2.16. The van der Waals surface area contributed by atoms with Crippen LogP contribution < -0.4 is 0 Å². The maximum atomic E-state index is 4.62. The third kappa shape index (κ3) is 3.79. The number of pyridine rings is 1.